The Kier molecular flexibility index (Phi) is 2.96. The Balaban J connectivity index is 2.76. The number of carbonyl (C=O) groups is 1. The summed E-state index contributed by atoms with van der Waals surface area (Å²) in [5.41, 5.74) is 0.926. The van der Waals surface area contributed by atoms with E-state index in [1.54, 1.807) is 23.1 Å². The van der Waals surface area contributed by atoms with Crippen molar-refractivity contribution >= 4 is 29.1 Å². The van der Waals surface area contributed by atoms with Gasteiger partial charge in [0.25, 0.3) is 0 Å². The van der Waals surface area contributed by atoms with Gasteiger partial charge in [-0.3, -0.25) is 4.79 Å². The van der Waals surface area contributed by atoms with Gasteiger partial charge < -0.3 is 5.11 Å². The minimum absolute atomic E-state index is 0.139. The lowest BCUT2D eigenvalue weighted by Gasteiger charge is -1.94. The van der Waals surface area contributed by atoms with E-state index in [1.807, 2.05) is 17.0 Å². The predicted octanol–water partition coefficient (Wildman–Crippen LogP) is 2.10. The zero-order valence-corrected chi connectivity index (χ0v) is 7.67. The van der Waals surface area contributed by atoms with Crippen LogP contribution in [0.3, 0.4) is 0 Å². The van der Waals surface area contributed by atoms with E-state index in [0.717, 1.165) is 10.5 Å². The van der Waals surface area contributed by atoms with Crippen molar-refractivity contribution in [2.75, 3.05) is 6.26 Å². The summed E-state index contributed by atoms with van der Waals surface area (Å²) in [5.74, 6) is -0.765. The molecule has 0 saturated heterocycles. The van der Waals surface area contributed by atoms with E-state index < -0.39 is 5.97 Å². The van der Waals surface area contributed by atoms with Crippen LogP contribution in [-0.2, 0) is 11.2 Å². The molecule has 0 unspecified atom stereocenters. The molecule has 2 nitrogen and oxygen atoms in total. The molecule has 0 aliphatic heterocycles. The van der Waals surface area contributed by atoms with Crippen molar-refractivity contribution in [2.24, 2.45) is 0 Å². The first-order valence-electron chi connectivity index (χ1n) is 3.05. The maximum absolute atomic E-state index is 10.3. The lowest BCUT2D eigenvalue weighted by atomic mass is 10.2. The summed E-state index contributed by atoms with van der Waals surface area (Å²) in [5, 5.41) is 12.4. The van der Waals surface area contributed by atoms with Crippen LogP contribution in [0.2, 0.25) is 0 Å². The highest BCUT2D eigenvalue weighted by Gasteiger charge is 2.05. The standard InChI is InChI=1S/C7H8O2S2/c1-10-6-4-11-3-5(6)2-7(8)9/h3-4H,2H2,1H3,(H,8,9). The molecule has 0 fully saturated rings. The first-order valence-corrected chi connectivity index (χ1v) is 5.21. The van der Waals surface area contributed by atoms with Crippen LogP contribution in [-0.4, -0.2) is 17.3 Å². The summed E-state index contributed by atoms with van der Waals surface area (Å²) in [7, 11) is 0. The second-order valence-electron chi connectivity index (χ2n) is 2.04. The van der Waals surface area contributed by atoms with Crippen molar-refractivity contribution in [3.05, 3.63) is 16.3 Å². The molecular weight excluding hydrogens is 180 g/mol. The SMILES string of the molecule is CSc1cscc1CC(=O)O. The molecule has 1 rings (SSSR count). The molecule has 60 valence electrons. The van der Waals surface area contributed by atoms with Gasteiger partial charge in [0, 0.05) is 10.3 Å². The van der Waals surface area contributed by atoms with Crippen LogP contribution < -0.4 is 0 Å². The number of hydrogen-bond donors (Lipinski definition) is 1. The van der Waals surface area contributed by atoms with Gasteiger partial charge in [0.15, 0.2) is 0 Å². The average molecular weight is 188 g/mol. The van der Waals surface area contributed by atoms with Crippen LogP contribution in [0.5, 0.6) is 0 Å². The van der Waals surface area contributed by atoms with Gasteiger partial charge in [-0.2, -0.15) is 11.3 Å². The molecule has 0 aromatic carbocycles. The minimum atomic E-state index is -0.765. The predicted molar refractivity (Wildman–Crippen MR) is 47.4 cm³/mol. The Hall–Kier alpha value is -0.480. The zero-order chi connectivity index (χ0) is 8.27. The molecule has 0 amide bonds. The van der Waals surface area contributed by atoms with Crippen LogP contribution in [0, 0.1) is 0 Å². The molecule has 0 aliphatic carbocycles. The van der Waals surface area contributed by atoms with Crippen molar-refractivity contribution < 1.29 is 9.90 Å². The quantitative estimate of drug-likeness (QED) is 0.738. The fourth-order valence-corrected chi connectivity index (χ4v) is 2.52. The Bertz CT molecular complexity index is 255. The third-order valence-corrected chi connectivity index (χ3v) is 3.02. The zero-order valence-electron chi connectivity index (χ0n) is 6.03. The number of thioether (sulfide) groups is 1. The summed E-state index contributed by atoms with van der Waals surface area (Å²) >= 11 is 3.14. The Morgan fingerprint density at radius 2 is 2.45 bits per heavy atom. The fourth-order valence-electron chi connectivity index (χ4n) is 0.783. The van der Waals surface area contributed by atoms with Crippen LogP contribution in [0.4, 0.5) is 0 Å². The summed E-state index contributed by atoms with van der Waals surface area (Å²) in [6, 6.07) is 0. The minimum Gasteiger partial charge on any atom is -0.481 e. The Morgan fingerprint density at radius 3 is 3.00 bits per heavy atom. The highest BCUT2D eigenvalue weighted by molar-refractivity contribution is 7.98. The van der Waals surface area contributed by atoms with Gasteiger partial charge in [-0.15, -0.1) is 11.8 Å². The van der Waals surface area contributed by atoms with E-state index in [-0.39, 0.29) is 6.42 Å². The van der Waals surface area contributed by atoms with Crippen LogP contribution in [0.15, 0.2) is 15.7 Å². The Labute approximate surface area is 73.2 Å². The molecule has 0 radical (unpaired) electrons. The van der Waals surface area contributed by atoms with Crippen LogP contribution in [0.1, 0.15) is 5.56 Å². The molecule has 0 spiro atoms. The molecule has 11 heavy (non-hydrogen) atoms. The first-order chi connectivity index (χ1) is 5.24. The number of carboxylic acids is 1. The van der Waals surface area contributed by atoms with Crippen LogP contribution >= 0.6 is 23.1 Å². The normalized spacial score (nSPS) is 9.91. The summed E-state index contributed by atoms with van der Waals surface area (Å²) in [4.78, 5) is 11.4. The third-order valence-electron chi connectivity index (χ3n) is 1.26. The van der Waals surface area contributed by atoms with Crippen molar-refractivity contribution in [1.29, 1.82) is 0 Å². The maximum atomic E-state index is 10.3. The summed E-state index contributed by atoms with van der Waals surface area (Å²) < 4.78 is 0. The average Bonchev–Trinajstić information content (AvgIpc) is 2.34. The molecule has 1 aromatic heterocycles. The molecule has 0 saturated carbocycles. The Morgan fingerprint density at radius 1 is 1.73 bits per heavy atom. The number of thiophene rings is 1. The molecule has 0 atom stereocenters. The molecular formula is C7H8O2S2. The second kappa shape index (κ2) is 3.78. The smallest absolute Gasteiger partial charge is 0.307 e. The topological polar surface area (TPSA) is 37.3 Å². The van der Waals surface area contributed by atoms with Gasteiger partial charge in [-0.25, -0.2) is 0 Å². The van der Waals surface area contributed by atoms with Crippen molar-refractivity contribution in [2.45, 2.75) is 11.3 Å². The fraction of sp³-hybridized carbons (Fsp3) is 0.286. The monoisotopic (exact) mass is 188 g/mol. The van der Waals surface area contributed by atoms with Crippen molar-refractivity contribution in [3.63, 3.8) is 0 Å². The lowest BCUT2D eigenvalue weighted by Crippen LogP contribution is -1.99. The van der Waals surface area contributed by atoms with E-state index >= 15 is 0 Å². The molecule has 0 bridgehead atoms. The van der Waals surface area contributed by atoms with Gasteiger partial charge in [0.2, 0.25) is 0 Å². The first kappa shape index (κ1) is 8.62. The molecule has 1 N–H and O–H groups in total. The van der Waals surface area contributed by atoms with E-state index in [2.05, 4.69) is 0 Å². The molecule has 4 heteroatoms. The van der Waals surface area contributed by atoms with E-state index in [4.69, 9.17) is 5.11 Å². The van der Waals surface area contributed by atoms with Crippen molar-refractivity contribution in [3.8, 4) is 0 Å². The van der Waals surface area contributed by atoms with Gasteiger partial charge in [0.05, 0.1) is 6.42 Å². The molecule has 1 aromatic rings. The molecule has 0 aliphatic rings. The van der Waals surface area contributed by atoms with Gasteiger partial charge in [0.1, 0.15) is 0 Å². The van der Waals surface area contributed by atoms with Gasteiger partial charge >= 0.3 is 5.97 Å². The second-order valence-corrected chi connectivity index (χ2v) is 3.63. The highest BCUT2D eigenvalue weighted by Crippen LogP contribution is 2.24. The number of rotatable bonds is 3. The lowest BCUT2D eigenvalue weighted by molar-refractivity contribution is -0.136. The highest BCUT2D eigenvalue weighted by atomic mass is 32.2. The van der Waals surface area contributed by atoms with E-state index in [9.17, 15) is 4.79 Å². The van der Waals surface area contributed by atoms with Gasteiger partial charge in [-0.1, -0.05) is 0 Å². The maximum Gasteiger partial charge on any atom is 0.307 e. The number of carboxylic acid groups (broad SMARTS) is 1. The largest absolute Gasteiger partial charge is 0.481 e. The van der Waals surface area contributed by atoms with Crippen LogP contribution in [0.25, 0.3) is 0 Å². The van der Waals surface area contributed by atoms with E-state index in [0.29, 0.717) is 0 Å². The van der Waals surface area contributed by atoms with Crippen molar-refractivity contribution in [1.82, 2.24) is 0 Å². The third kappa shape index (κ3) is 2.24. The number of aliphatic carboxylic acids is 1. The van der Waals surface area contributed by atoms with Gasteiger partial charge in [-0.05, 0) is 17.2 Å². The number of hydrogen-bond acceptors (Lipinski definition) is 3. The molecule has 1 heterocycles. The summed E-state index contributed by atoms with van der Waals surface area (Å²) in [6.45, 7) is 0. The van der Waals surface area contributed by atoms with E-state index in [1.165, 1.54) is 0 Å². The summed E-state index contributed by atoms with van der Waals surface area (Å²) in [6.07, 6.45) is 2.09.